The largest absolute Gasteiger partial charge is 0.367 e. The fourth-order valence-electron chi connectivity index (χ4n) is 4.66. The van der Waals surface area contributed by atoms with E-state index in [1.165, 1.54) is 24.0 Å². The van der Waals surface area contributed by atoms with Gasteiger partial charge in [0.15, 0.2) is 5.82 Å². The third kappa shape index (κ3) is 4.01. The number of aromatic nitrogens is 2. The standard InChI is InChI=1S/C24H25F2N7O2/c1-3-33-22-19-17(28-13-29-22)11-15(20(26)21(19)30-24(33)35)12-31-6-8-32(9-7-31)18-5-4-14(10-16(18)25)23(34)27-2/h4-5,10-11,13H,3,6-9,12H2,1-2H3,(H,27,34)(H,28,29). The molecule has 0 spiro atoms. The lowest BCUT2D eigenvalue weighted by Gasteiger charge is -2.36. The number of benzene rings is 2. The van der Waals surface area contributed by atoms with Crippen molar-refractivity contribution in [2.24, 2.45) is 4.99 Å². The van der Waals surface area contributed by atoms with E-state index in [0.29, 0.717) is 67.4 Å². The van der Waals surface area contributed by atoms with Gasteiger partial charge < -0.3 is 15.5 Å². The number of nitrogens with one attached hydrogen (secondary N) is 2. The molecule has 9 nitrogen and oxygen atoms in total. The second-order valence-corrected chi connectivity index (χ2v) is 8.49. The van der Waals surface area contributed by atoms with Crippen LogP contribution in [0.15, 0.2) is 34.1 Å². The number of aliphatic imine (C=N–C) groups is 1. The van der Waals surface area contributed by atoms with Gasteiger partial charge in [0.1, 0.15) is 17.2 Å². The number of hydrogen-bond acceptors (Lipinski definition) is 7. The average molecular weight is 482 g/mol. The molecule has 0 atom stereocenters. The lowest BCUT2D eigenvalue weighted by Crippen LogP contribution is -2.46. The maximum absolute atomic E-state index is 15.5. The Labute approximate surface area is 200 Å². The van der Waals surface area contributed by atoms with Crippen LogP contribution in [0.4, 0.5) is 26.0 Å². The molecule has 1 fully saturated rings. The summed E-state index contributed by atoms with van der Waals surface area (Å²) in [6.45, 7) is 4.81. The number of carbonyl (C=O) groups excluding carboxylic acids is 1. The Morgan fingerprint density at radius 1 is 1.17 bits per heavy atom. The average Bonchev–Trinajstić information content (AvgIpc) is 2.87. The molecule has 2 aliphatic heterocycles. The quantitative estimate of drug-likeness (QED) is 0.582. The fraction of sp³-hybridized carbons (Fsp3) is 0.333. The minimum atomic E-state index is -0.533. The second-order valence-electron chi connectivity index (χ2n) is 8.49. The smallest absolute Gasteiger partial charge is 0.349 e. The van der Waals surface area contributed by atoms with Crippen molar-refractivity contribution in [3.63, 3.8) is 0 Å². The van der Waals surface area contributed by atoms with Gasteiger partial charge >= 0.3 is 5.69 Å². The summed E-state index contributed by atoms with van der Waals surface area (Å²) in [5, 5.41) is 6.02. The van der Waals surface area contributed by atoms with Crippen molar-refractivity contribution >= 4 is 40.3 Å². The van der Waals surface area contributed by atoms with Crippen LogP contribution in [0.3, 0.4) is 0 Å². The Hall–Kier alpha value is -3.86. The normalized spacial score (nSPS) is 15.4. The van der Waals surface area contributed by atoms with E-state index >= 15 is 4.39 Å². The van der Waals surface area contributed by atoms with E-state index < -0.39 is 17.3 Å². The highest BCUT2D eigenvalue weighted by Crippen LogP contribution is 2.36. The van der Waals surface area contributed by atoms with Gasteiger partial charge in [-0.15, -0.1) is 0 Å². The summed E-state index contributed by atoms with van der Waals surface area (Å²) in [6, 6.07) is 6.19. The van der Waals surface area contributed by atoms with Gasteiger partial charge in [-0.05, 0) is 31.2 Å². The highest BCUT2D eigenvalue weighted by atomic mass is 19.1. The monoisotopic (exact) mass is 481 g/mol. The molecule has 182 valence electrons. The molecule has 3 heterocycles. The predicted molar refractivity (Wildman–Crippen MR) is 131 cm³/mol. The number of carbonyl (C=O) groups is 1. The first-order valence-corrected chi connectivity index (χ1v) is 11.4. The van der Waals surface area contributed by atoms with Gasteiger partial charge in [0.05, 0.1) is 23.1 Å². The van der Waals surface area contributed by atoms with E-state index in [2.05, 4.69) is 25.5 Å². The van der Waals surface area contributed by atoms with Crippen molar-refractivity contribution in [2.45, 2.75) is 20.0 Å². The lowest BCUT2D eigenvalue weighted by molar-refractivity contribution is 0.0962. The van der Waals surface area contributed by atoms with E-state index in [4.69, 9.17) is 0 Å². The summed E-state index contributed by atoms with van der Waals surface area (Å²) in [6.07, 6.45) is 1.49. The molecule has 3 aromatic rings. The Morgan fingerprint density at radius 3 is 2.63 bits per heavy atom. The number of nitrogens with zero attached hydrogens (tertiary/aromatic N) is 5. The van der Waals surface area contributed by atoms with Crippen LogP contribution in [0.1, 0.15) is 22.8 Å². The van der Waals surface area contributed by atoms with Crippen molar-refractivity contribution < 1.29 is 13.6 Å². The van der Waals surface area contributed by atoms with Crippen LogP contribution < -0.4 is 21.2 Å². The molecule has 11 heteroatoms. The van der Waals surface area contributed by atoms with Crippen molar-refractivity contribution in [3.05, 3.63) is 57.5 Å². The molecule has 1 amide bonds. The fourth-order valence-corrected chi connectivity index (χ4v) is 4.66. The van der Waals surface area contributed by atoms with Crippen LogP contribution in [-0.4, -0.2) is 59.9 Å². The minimum absolute atomic E-state index is 0.0171. The third-order valence-corrected chi connectivity index (χ3v) is 6.50. The zero-order valence-electron chi connectivity index (χ0n) is 19.4. The molecule has 0 saturated carbocycles. The summed E-state index contributed by atoms with van der Waals surface area (Å²) < 4.78 is 31.5. The molecule has 0 bridgehead atoms. The van der Waals surface area contributed by atoms with E-state index in [0.717, 1.165) is 0 Å². The molecule has 35 heavy (non-hydrogen) atoms. The van der Waals surface area contributed by atoms with Gasteiger partial charge in [0.25, 0.3) is 5.91 Å². The molecule has 2 aromatic carbocycles. The number of piperazine rings is 1. The van der Waals surface area contributed by atoms with E-state index in [1.54, 1.807) is 18.2 Å². The topological polar surface area (TPSA) is 94.9 Å². The molecule has 5 rings (SSSR count). The van der Waals surface area contributed by atoms with Crippen molar-refractivity contribution in [3.8, 4) is 0 Å². The molecule has 0 radical (unpaired) electrons. The highest BCUT2D eigenvalue weighted by Gasteiger charge is 2.25. The van der Waals surface area contributed by atoms with Crippen molar-refractivity contribution in [1.82, 2.24) is 19.8 Å². The summed E-state index contributed by atoms with van der Waals surface area (Å²) in [7, 11) is 1.50. The van der Waals surface area contributed by atoms with E-state index in [1.807, 2.05) is 11.8 Å². The summed E-state index contributed by atoms with van der Waals surface area (Å²) in [5.41, 5.74) is 1.28. The molecule has 2 aliphatic rings. The van der Waals surface area contributed by atoms with E-state index in [-0.39, 0.29) is 17.0 Å². The van der Waals surface area contributed by atoms with Gasteiger partial charge in [0.2, 0.25) is 0 Å². The number of anilines is 2. The van der Waals surface area contributed by atoms with Crippen molar-refractivity contribution in [1.29, 1.82) is 0 Å². The van der Waals surface area contributed by atoms with Gasteiger partial charge in [-0.1, -0.05) is 0 Å². The minimum Gasteiger partial charge on any atom is -0.367 e. The first kappa shape index (κ1) is 22.9. The third-order valence-electron chi connectivity index (χ3n) is 6.50. The Kier molecular flexibility index (Phi) is 5.93. The van der Waals surface area contributed by atoms with Crippen LogP contribution in [0.5, 0.6) is 0 Å². The van der Waals surface area contributed by atoms with Gasteiger partial charge in [-0.3, -0.25) is 14.3 Å². The summed E-state index contributed by atoms with van der Waals surface area (Å²) >= 11 is 0. The predicted octanol–water partition coefficient (Wildman–Crippen LogP) is 2.46. The molecular weight excluding hydrogens is 456 g/mol. The zero-order chi connectivity index (χ0) is 24.7. The van der Waals surface area contributed by atoms with Gasteiger partial charge in [-0.25, -0.2) is 18.6 Å². The molecule has 1 saturated heterocycles. The Balaban J connectivity index is 1.35. The molecule has 0 aliphatic carbocycles. The number of hydrogen-bond donors (Lipinski definition) is 2. The molecular formula is C24H25F2N7O2. The number of amides is 1. The summed E-state index contributed by atoms with van der Waals surface area (Å²) in [5.74, 6) is -0.915. The Morgan fingerprint density at radius 2 is 1.94 bits per heavy atom. The SMILES string of the molecule is CCn1c2c3c(cc(CN4CCN(c5ccc(C(=O)NC)cc5F)CC4)c(F)c3nc1=O)NC=N2. The lowest BCUT2D eigenvalue weighted by atomic mass is 10.1. The Bertz CT molecular complexity index is 1410. The van der Waals surface area contributed by atoms with Crippen LogP contribution in [0, 0.1) is 11.6 Å². The van der Waals surface area contributed by atoms with Crippen LogP contribution >= 0.6 is 0 Å². The molecule has 2 N–H and O–H groups in total. The second kappa shape index (κ2) is 9.06. The number of halogens is 2. The highest BCUT2D eigenvalue weighted by molar-refractivity contribution is 6.06. The van der Waals surface area contributed by atoms with Gasteiger partial charge in [-0.2, -0.15) is 4.98 Å². The first-order chi connectivity index (χ1) is 16.9. The van der Waals surface area contributed by atoms with Crippen LogP contribution in [0.2, 0.25) is 0 Å². The maximum atomic E-state index is 15.5. The summed E-state index contributed by atoms with van der Waals surface area (Å²) in [4.78, 5) is 36.4. The first-order valence-electron chi connectivity index (χ1n) is 11.4. The molecule has 1 aromatic heterocycles. The van der Waals surface area contributed by atoms with E-state index in [9.17, 15) is 14.0 Å². The maximum Gasteiger partial charge on any atom is 0.349 e. The van der Waals surface area contributed by atoms with Crippen LogP contribution in [-0.2, 0) is 13.1 Å². The number of rotatable bonds is 5. The van der Waals surface area contributed by atoms with Crippen molar-refractivity contribution in [2.75, 3.05) is 43.4 Å². The zero-order valence-corrected chi connectivity index (χ0v) is 19.4. The molecule has 0 unspecified atom stereocenters. The van der Waals surface area contributed by atoms with Gasteiger partial charge in [0, 0.05) is 57.4 Å². The van der Waals surface area contributed by atoms with Crippen LogP contribution in [0.25, 0.3) is 10.9 Å².